The van der Waals surface area contributed by atoms with Gasteiger partial charge >= 0.3 is 11.9 Å². The first-order chi connectivity index (χ1) is 18.4. The number of esters is 2. The molecule has 0 unspecified atom stereocenters. The zero-order valence-corrected chi connectivity index (χ0v) is 26.1. The summed E-state index contributed by atoms with van der Waals surface area (Å²) in [5.74, 6) is -2.38. The number of methoxy groups -OCH3 is 1. The fourth-order valence-electron chi connectivity index (χ4n) is 10.5. The van der Waals surface area contributed by atoms with Gasteiger partial charge in [-0.25, -0.2) is 0 Å². The number of hydrogen-bond acceptors (Lipinski definition) is 7. The highest BCUT2D eigenvalue weighted by Gasteiger charge is 2.71. The fraction of sp³-hybridized carbons (Fsp3) is 0.848. The van der Waals surface area contributed by atoms with Crippen molar-refractivity contribution in [1.82, 2.24) is 0 Å². The Morgan fingerprint density at radius 2 is 1.50 bits per heavy atom. The molecule has 0 N–H and O–H groups in total. The first-order valence-corrected chi connectivity index (χ1v) is 15.3. The van der Waals surface area contributed by atoms with Crippen LogP contribution in [-0.4, -0.2) is 42.5 Å². The lowest BCUT2D eigenvalue weighted by atomic mass is 9.33. The van der Waals surface area contributed by atoms with Gasteiger partial charge in [0.25, 0.3) is 0 Å². The Labute approximate surface area is 239 Å². The summed E-state index contributed by atoms with van der Waals surface area (Å²) >= 11 is 0. The first kappa shape index (κ1) is 30.9. The summed E-state index contributed by atoms with van der Waals surface area (Å²) in [5.41, 5.74) is -2.15. The van der Waals surface area contributed by atoms with Crippen LogP contribution in [0.3, 0.4) is 0 Å². The van der Waals surface area contributed by atoms with Gasteiger partial charge in [-0.05, 0) is 79.4 Å². The molecular weight excluding hydrogens is 508 g/mol. The Bertz CT molecular complexity index is 1110. The molecule has 4 saturated carbocycles. The molecule has 4 rings (SSSR count). The number of rotatable bonds is 6. The molecule has 4 aliphatic carbocycles. The zero-order chi connectivity index (χ0) is 30.1. The SMILES string of the molecule is COC(=O)[C@@]1(CC(=O)C(=O)C(C)C)CC[C@]2(C)[C@H](CC[C@@H]3[C@@]4(C)CC[C@H](OC(C)=O)C(C)(C)[C@@H]4CC[C@]32C)C1=O. The second-order valence-electron chi connectivity index (χ2n) is 15.1. The molecule has 0 heterocycles. The van der Waals surface area contributed by atoms with Gasteiger partial charge in [0.2, 0.25) is 5.78 Å². The summed E-state index contributed by atoms with van der Waals surface area (Å²) in [6.45, 7) is 16.3. The molecule has 0 saturated heterocycles. The lowest BCUT2D eigenvalue weighted by Gasteiger charge is -2.71. The minimum Gasteiger partial charge on any atom is -0.468 e. The predicted molar refractivity (Wildman–Crippen MR) is 150 cm³/mol. The zero-order valence-electron chi connectivity index (χ0n) is 26.1. The van der Waals surface area contributed by atoms with Crippen molar-refractivity contribution in [1.29, 1.82) is 0 Å². The Kier molecular flexibility index (Phi) is 7.76. The van der Waals surface area contributed by atoms with Crippen LogP contribution in [0.1, 0.15) is 113 Å². The Balaban J connectivity index is 1.68. The van der Waals surface area contributed by atoms with Crippen LogP contribution in [0.4, 0.5) is 0 Å². The highest BCUT2D eigenvalue weighted by molar-refractivity contribution is 6.39. The number of Topliss-reactive ketones (excluding diaryl/α,β-unsaturated/α-hetero) is 3. The summed E-state index contributed by atoms with van der Waals surface area (Å²) in [6, 6.07) is 0. The smallest absolute Gasteiger partial charge is 0.319 e. The molecule has 8 atom stereocenters. The van der Waals surface area contributed by atoms with Crippen LogP contribution in [0.15, 0.2) is 0 Å². The van der Waals surface area contributed by atoms with Crippen molar-refractivity contribution in [3.63, 3.8) is 0 Å². The molecule has 0 amide bonds. The van der Waals surface area contributed by atoms with Gasteiger partial charge in [0.1, 0.15) is 11.5 Å². The van der Waals surface area contributed by atoms with E-state index in [0.717, 1.165) is 32.1 Å². The average molecular weight is 559 g/mol. The maximum Gasteiger partial charge on any atom is 0.319 e. The summed E-state index contributed by atoms with van der Waals surface area (Å²) in [5, 5.41) is 0. The van der Waals surface area contributed by atoms with Gasteiger partial charge in [-0.15, -0.1) is 0 Å². The van der Waals surface area contributed by atoms with Gasteiger partial charge in [-0.2, -0.15) is 0 Å². The molecule has 40 heavy (non-hydrogen) atoms. The van der Waals surface area contributed by atoms with Crippen molar-refractivity contribution in [2.75, 3.05) is 7.11 Å². The first-order valence-electron chi connectivity index (χ1n) is 15.3. The number of carbonyl (C=O) groups is 5. The fourth-order valence-corrected chi connectivity index (χ4v) is 10.5. The molecule has 7 heteroatoms. The van der Waals surface area contributed by atoms with Crippen LogP contribution in [0, 0.1) is 50.7 Å². The molecule has 0 spiro atoms. The number of hydrogen-bond donors (Lipinski definition) is 0. The predicted octanol–water partition coefficient (Wildman–Crippen LogP) is 5.90. The Morgan fingerprint density at radius 1 is 0.850 bits per heavy atom. The third kappa shape index (κ3) is 4.22. The number of ketones is 3. The van der Waals surface area contributed by atoms with Crippen molar-refractivity contribution in [2.45, 2.75) is 119 Å². The van der Waals surface area contributed by atoms with Crippen LogP contribution in [0.2, 0.25) is 0 Å². The monoisotopic (exact) mass is 558 g/mol. The van der Waals surface area contributed by atoms with Crippen LogP contribution in [-0.2, 0) is 33.4 Å². The van der Waals surface area contributed by atoms with Gasteiger partial charge in [-0.3, -0.25) is 24.0 Å². The van der Waals surface area contributed by atoms with E-state index < -0.39 is 35.3 Å². The largest absolute Gasteiger partial charge is 0.468 e. The van der Waals surface area contributed by atoms with Crippen LogP contribution in [0.5, 0.6) is 0 Å². The van der Waals surface area contributed by atoms with E-state index in [1.807, 2.05) is 0 Å². The van der Waals surface area contributed by atoms with Gasteiger partial charge in [0.15, 0.2) is 11.6 Å². The van der Waals surface area contributed by atoms with Crippen molar-refractivity contribution in [3.8, 4) is 0 Å². The lowest BCUT2D eigenvalue weighted by molar-refractivity contribution is -0.236. The van der Waals surface area contributed by atoms with E-state index in [9.17, 15) is 24.0 Å². The van der Waals surface area contributed by atoms with E-state index in [1.54, 1.807) is 13.8 Å². The number of carbonyl (C=O) groups excluding carboxylic acids is 5. The molecule has 0 aromatic heterocycles. The van der Waals surface area contributed by atoms with E-state index in [2.05, 4.69) is 34.6 Å². The van der Waals surface area contributed by atoms with Gasteiger partial charge < -0.3 is 9.47 Å². The van der Waals surface area contributed by atoms with Gasteiger partial charge in [-0.1, -0.05) is 48.5 Å². The number of fused-ring (bicyclic) bond motifs is 5. The van der Waals surface area contributed by atoms with Crippen molar-refractivity contribution < 1.29 is 33.4 Å². The molecule has 224 valence electrons. The third-order valence-electron chi connectivity index (χ3n) is 12.8. The second-order valence-corrected chi connectivity index (χ2v) is 15.1. The standard InChI is InChI=1S/C33H50O7/c1-19(2)26(36)22(35)18-33(28(38)39-9)17-16-31(7)21(27(33)37)10-11-24-30(6)14-13-25(40-20(3)34)29(4,5)23(30)12-15-32(24,31)8/h19,21,23-25H,10-18H2,1-9H3/t21-,23+,24-,25+,30+,31-,32-,33-/m1/s1. The molecule has 0 aliphatic heterocycles. The lowest BCUT2D eigenvalue weighted by Crippen LogP contribution is -2.67. The topological polar surface area (TPSA) is 104 Å². The van der Waals surface area contributed by atoms with Crippen molar-refractivity contribution in [3.05, 3.63) is 0 Å². The highest BCUT2D eigenvalue weighted by Crippen LogP contribution is 2.74. The molecular formula is C33H50O7. The Hall–Kier alpha value is -2.05. The van der Waals surface area contributed by atoms with Gasteiger partial charge in [0, 0.05) is 30.6 Å². The molecule has 4 fully saturated rings. The quantitative estimate of drug-likeness (QED) is 0.227. The summed E-state index contributed by atoms with van der Waals surface area (Å²) < 4.78 is 11.0. The van der Waals surface area contributed by atoms with E-state index in [1.165, 1.54) is 14.0 Å². The van der Waals surface area contributed by atoms with E-state index in [0.29, 0.717) is 24.7 Å². The van der Waals surface area contributed by atoms with E-state index in [4.69, 9.17) is 9.47 Å². The van der Waals surface area contributed by atoms with Crippen molar-refractivity contribution >= 4 is 29.3 Å². The van der Waals surface area contributed by atoms with Crippen LogP contribution < -0.4 is 0 Å². The minimum absolute atomic E-state index is 0.0424. The molecule has 7 nitrogen and oxygen atoms in total. The third-order valence-corrected chi connectivity index (χ3v) is 12.8. The van der Waals surface area contributed by atoms with Crippen LogP contribution in [0.25, 0.3) is 0 Å². The average Bonchev–Trinajstić information content (AvgIpc) is 2.87. The van der Waals surface area contributed by atoms with Crippen molar-refractivity contribution in [2.24, 2.45) is 50.7 Å². The summed E-state index contributed by atoms with van der Waals surface area (Å²) in [7, 11) is 1.26. The summed E-state index contributed by atoms with van der Waals surface area (Å²) in [4.78, 5) is 65.0. The maximum atomic E-state index is 14.4. The van der Waals surface area contributed by atoms with Crippen LogP contribution >= 0.6 is 0 Å². The summed E-state index contributed by atoms with van der Waals surface area (Å²) in [6.07, 6.45) is 5.68. The molecule has 0 aromatic rings. The molecule has 4 aliphatic rings. The second kappa shape index (κ2) is 10.0. The van der Waals surface area contributed by atoms with E-state index >= 15 is 0 Å². The minimum atomic E-state index is -1.59. The normalized spacial score (nSPS) is 42.2. The van der Waals surface area contributed by atoms with Gasteiger partial charge in [0.05, 0.1) is 7.11 Å². The Morgan fingerprint density at radius 3 is 2.08 bits per heavy atom. The maximum absolute atomic E-state index is 14.4. The molecule has 0 aromatic carbocycles. The molecule has 0 bridgehead atoms. The highest BCUT2D eigenvalue weighted by atomic mass is 16.5. The van der Waals surface area contributed by atoms with E-state index in [-0.39, 0.29) is 51.9 Å². The number of ether oxygens (including phenoxy) is 2. The molecule has 0 radical (unpaired) electrons.